The Morgan fingerprint density at radius 3 is 1.33 bits per heavy atom. The average molecular weight is 849 g/mol. The van der Waals surface area contributed by atoms with E-state index < -0.39 is 33.5 Å². The number of fused-ring (bicyclic) bond motifs is 2. The number of benzene rings is 4. The molecule has 0 bridgehead atoms. The predicted molar refractivity (Wildman–Crippen MR) is 241 cm³/mol. The van der Waals surface area contributed by atoms with Gasteiger partial charge in [0.15, 0.2) is 0 Å². The summed E-state index contributed by atoms with van der Waals surface area (Å²) in [6.45, 7) is 32.0. The second kappa shape index (κ2) is 15.0. The molecule has 4 aromatic carbocycles. The Balaban J connectivity index is 0.00000292. The first-order chi connectivity index (χ1) is 22.9. The van der Waals surface area contributed by atoms with Crippen molar-refractivity contribution in [3.8, 4) is 22.3 Å². The van der Waals surface area contributed by atoms with Gasteiger partial charge in [0, 0.05) is 0 Å². The molecular formula is C45H62Cl2Si3Zr. The summed E-state index contributed by atoms with van der Waals surface area (Å²) in [4.78, 5) is 0. The molecule has 0 nitrogen and oxygen atoms in total. The molecule has 2 aliphatic carbocycles. The van der Waals surface area contributed by atoms with Gasteiger partial charge in [-0.05, 0) is 0 Å². The van der Waals surface area contributed by atoms with Gasteiger partial charge in [0.25, 0.3) is 0 Å². The van der Waals surface area contributed by atoms with Gasteiger partial charge in [0.2, 0.25) is 0 Å². The van der Waals surface area contributed by atoms with Crippen LogP contribution in [0.5, 0.6) is 0 Å². The third-order valence-electron chi connectivity index (χ3n) is 12.8. The van der Waals surface area contributed by atoms with Crippen LogP contribution in [0.3, 0.4) is 0 Å². The fourth-order valence-corrected chi connectivity index (χ4v) is 35.9. The van der Waals surface area contributed by atoms with Crippen LogP contribution in [0.4, 0.5) is 0 Å². The second-order valence-electron chi connectivity index (χ2n) is 18.0. The van der Waals surface area contributed by atoms with Gasteiger partial charge in [-0.1, -0.05) is 0 Å². The first-order valence-corrected chi connectivity index (χ1v) is 38.1. The van der Waals surface area contributed by atoms with Crippen LogP contribution >= 0.6 is 24.8 Å². The quantitative estimate of drug-likeness (QED) is 0.147. The van der Waals surface area contributed by atoms with Gasteiger partial charge in [-0.25, -0.2) is 0 Å². The number of rotatable bonds is 9. The van der Waals surface area contributed by atoms with Crippen LogP contribution in [-0.4, -0.2) is 23.0 Å². The van der Waals surface area contributed by atoms with Gasteiger partial charge in [-0.3, -0.25) is 0 Å². The molecule has 0 heterocycles. The molecule has 51 heavy (non-hydrogen) atoms. The van der Waals surface area contributed by atoms with E-state index >= 15 is 0 Å². The van der Waals surface area contributed by atoms with Crippen LogP contribution in [-0.2, 0) is 17.4 Å². The normalized spacial score (nSPS) is 17.2. The first-order valence-electron chi connectivity index (χ1n) is 18.9. The van der Waals surface area contributed by atoms with Crippen molar-refractivity contribution in [2.45, 2.75) is 103 Å². The monoisotopic (exact) mass is 846 g/mol. The fourth-order valence-electron chi connectivity index (χ4n) is 9.75. The molecule has 0 radical (unpaired) electrons. The smallest absolute Gasteiger partial charge is 0.147 e. The molecule has 0 amide bonds. The van der Waals surface area contributed by atoms with Crippen LogP contribution in [0.2, 0.25) is 47.5 Å². The summed E-state index contributed by atoms with van der Waals surface area (Å²) in [5, 5.41) is 3.07. The van der Waals surface area contributed by atoms with Crippen molar-refractivity contribution < 1.29 is 17.4 Å². The van der Waals surface area contributed by atoms with Crippen LogP contribution in [0.25, 0.3) is 34.4 Å². The third kappa shape index (κ3) is 7.21. The molecule has 0 saturated heterocycles. The Kier molecular flexibility index (Phi) is 12.4. The van der Waals surface area contributed by atoms with E-state index in [0.717, 1.165) is 6.42 Å². The molecule has 6 rings (SSSR count). The van der Waals surface area contributed by atoms with Crippen molar-refractivity contribution in [2.75, 3.05) is 0 Å². The van der Waals surface area contributed by atoms with E-state index in [0.29, 0.717) is 7.25 Å². The summed E-state index contributed by atoms with van der Waals surface area (Å²) >= 11 is -3.79. The molecule has 0 N–H and O–H groups in total. The minimum atomic E-state index is -3.79. The minimum Gasteiger partial charge on any atom is -0.147 e. The number of hydrogen-bond donors (Lipinski definition) is 0. The number of halogens is 2. The summed E-state index contributed by atoms with van der Waals surface area (Å²) in [6.07, 6.45) is 6.39. The topological polar surface area (TPSA) is 0 Å². The fraction of sp³-hybridized carbons (Fsp3) is 0.378. The van der Waals surface area contributed by atoms with Gasteiger partial charge in [0.05, 0.1) is 0 Å². The van der Waals surface area contributed by atoms with E-state index in [1.54, 1.807) is 22.3 Å². The average Bonchev–Trinajstić information content (AvgIpc) is 3.61. The predicted octanol–water partition coefficient (Wildman–Crippen LogP) is 12.7. The molecule has 4 aromatic rings. The Bertz CT molecular complexity index is 2070. The van der Waals surface area contributed by atoms with E-state index in [-0.39, 0.29) is 24.8 Å². The van der Waals surface area contributed by atoms with E-state index in [4.69, 9.17) is 0 Å². The Morgan fingerprint density at radius 1 is 0.569 bits per heavy atom. The maximum Gasteiger partial charge on any atom is -0.147 e. The molecule has 0 aliphatic heterocycles. The molecule has 2 aliphatic rings. The van der Waals surface area contributed by atoms with Crippen LogP contribution < -0.4 is 10.4 Å². The summed E-state index contributed by atoms with van der Waals surface area (Å²) in [5.41, 5.74) is 18.0. The minimum absolute atomic E-state index is 0. The zero-order valence-electron chi connectivity index (χ0n) is 33.4. The zero-order chi connectivity index (χ0) is 35.7. The van der Waals surface area contributed by atoms with Crippen molar-refractivity contribution in [2.24, 2.45) is 0 Å². The maximum atomic E-state index is 2.66. The van der Waals surface area contributed by atoms with Gasteiger partial charge < -0.3 is 0 Å². The van der Waals surface area contributed by atoms with Crippen molar-refractivity contribution in [3.05, 3.63) is 117 Å². The molecule has 0 saturated carbocycles. The largest absolute Gasteiger partial charge is 0.147 e. The zero-order valence-corrected chi connectivity index (χ0v) is 40.9. The summed E-state index contributed by atoms with van der Waals surface area (Å²) < 4.78 is 3.77. The van der Waals surface area contributed by atoms with Crippen molar-refractivity contribution in [1.82, 2.24) is 0 Å². The van der Waals surface area contributed by atoms with E-state index in [1.807, 2.05) is 0 Å². The van der Waals surface area contributed by atoms with E-state index in [2.05, 4.69) is 173 Å². The van der Waals surface area contributed by atoms with Crippen LogP contribution in [0.15, 0.2) is 83.9 Å². The SMILES string of the molecule is CCC1=Cc2c(-c3ccc([Si](C)(C)C)cc3)cc(C)cc2[CH]1[Zr](=[SiH2])([CH2]C)([CH2]C)[CH]1C(C)=Cc2c(-c3ccc([Si](C)(C)C)cc3)cc(C)cc21.Cl.Cl. The number of allylic oxidation sites excluding steroid dienone is 2. The van der Waals surface area contributed by atoms with Crippen molar-refractivity contribution in [1.29, 1.82) is 0 Å². The number of aryl methyl sites for hydroxylation is 2. The van der Waals surface area contributed by atoms with Gasteiger partial charge in [-0.2, -0.15) is 0 Å². The van der Waals surface area contributed by atoms with Crippen molar-refractivity contribution >= 4 is 70.4 Å². The summed E-state index contributed by atoms with van der Waals surface area (Å²) in [6, 6.07) is 29.4. The maximum absolute atomic E-state index is 3.79. The van der Waals surface area contributed by atoms with Gasteiger partial charge in [0.1, 0.15) is 0 Å². The van der Waals surface area contributed by atoms with Crippen molar-refractivity contribution in [3.63, 3.8) is 0 Å². The molecule has 2 atom stereocenters. The molecule has 0 aromatic heterocycles. The summed E-state index contributed by atoms with van der Waals surface area (Å²) in [7, 11) is -2.71. The molecule has 6 heteroatoms. The van der Waals surface area contributed by atoms with Gasteiger partial charge >= 0.3 is 305 Å². The molecular weight excluding hydrogens is 787 g/mol. The van der Waals surface area contributed by atoms with Crippen LogP contribution in [0.1, 0.15) is 74.7 Å². The molecule has 2 unspecified atom stereocenters. The summed E-state index contributed by atoms with van der Waals surface area (Å²) in [5.74, 6) is 0. The first kappa shape index (κ1) is 42.2. The number of hydrogen-bond acceptors (Lipinski definition) is 0. The Morgan fingerprint density at radius 2 is 0.961 bits per heavy atom. The van der Waals surface area contributed by atoms with E-state index in [9.17, 15) is 0 Å². The second-order valence-corrected chi connectivity index (χ2v) is 55.7. The third-order valence-corrected chi connectivity index (χ3v) is 47.8. The molecule has 0 spiro atoms. The van der Waals surface area contributed by atoms with Gasteiger partial charge in [-0.15, -0.1) is 24.8 Å². The van der Waals surface area contributed by atoms with E-state index in [1.165, 1.54) is 63.1 Å². The standard InChI is InChI=1S/C21H25Si.C20H23Si.2C2H5.2ClH.H2Si.Zr/c1-6-16-13-18-11-15(2)12-20(21(18)14-16)17-7-9-19(10-8-17)22(3,4)5;1-14-10-17-11-15(2)13-20(17)19(12-14)16-6-8-18(9-7-16)21(3,4)5;2*1-2;;;;/h7-14H,6H2,1-5H3;6-13H,1-5H3;2*1H2,2H3;2*1H;1H2;. The molecule has 0 fully saturated rings. The molecule has 272 valence electrons. The Hall–Kier alpha value is -1.53. The van der Waals surface area contributed by atoms with Crippen LogP contribution in [0, 0.1) is 13.8 Å². The Labute approximate surface area is 327 Å².